The van der Waals surface area contributed by atoms with Crippen LogP contribution < -0.4 is 5.32 Å². The number of amides is 1. The third-order valence-electron chi connectivity index (χ3n) is 2.38. The molecule has 0 fully saturated rings. The summed E-state index contributed by atoms with van der Waals surface area (Å²) in [5, 5.41) is 7.14. The molecule has 4 heteroatoms. The van der Waals surface area contributed by atoms with Crippen LogP contribution in [0.4, 0.5) is 5.82 Å². The molecule has 0 bridgehead atoms. The SMILES string of the molecule is CC(=O)Nc1cc(C)nn1Cc1ccccc1. The molecule has 1 heterocycles. The van der Waals surface area contributed by atoms with Crippen molar-refractivity contribution in [2.45, 2.75) is 20.4 Å². The maximum Gasteiger partial charge on any atom is 0.222 e. The molecule has 17 heavy (non-hydrogen) atoms. The van der Waals surface area contributed by atoms with Gasteiger partial charge in [0.15, 0.2) is 0 Å². The van der Waals surface area contributed by atoms with Crippen LogP contribution in [0.3, 0.4) is 0 Å². The number of hydrogen-bond donors (Lipinski definition) is 1. The van der Waals surface area contributed by atoms with E-state index in [-0.39, 0.29) is 5.91 Å². The standard InChI is InChI=1S/C13H15N3O/c1-10-8-13(14-11(2)17)16(15-10)9-12-6-4-3-5-7-12/h3-8H,9H2,1-2H3,(H,14,17). The summed E-state index contributed by atoms with van der Waals surface area (Å²) in [7, 11) is 0. The predicted octanol–water partition coefficient (Wildman–Crippen LogP) is 2.20. The molecule has 0 saturated heterocycles. The fourth-order valence-corrected chi connectivity index (χ4v) is 1.70. The summed E-state index contributed by atoms with van der Waals surface area (Å²) < 4.78 is 1.80. The number of aromatic nitrogens is 2. The van der Waals surface area contributed by atoms with Gasteiger partial charge in [0.25, 0.3) is 0 Å². The molecule has 0 atom stereocenters. The average molecular weight is 229 g/mol. The highest BCUT2D eigenvalue weighted by Crippen LogP contribution is 2.12. The number of hydrogen-bond acceptors (Lipinski definition) is 2. The van der Waals surface area contributed by atoms with E-state index >= 15 is 0 Å². The van der Waals surface area contributed by atoms with E-state index in [9.17, 15) is 4.79 Å². The molecule has 1 N–H and O–H groups in total. The van der Waals surface area contributed by atoms with E-state index in [0.717, 1.165) is 17.1 Å². The van der Waals surface area contributed by atoms with Gasteiger partial charge in [-0.05, 0) is 12.5 Å². The lowest BCUT2D eigenvalue weighted by atomic mass is 10.2. The Morgan fingerprint density at radius 1 is 1.35 bits per heavy atom. The van der Waals surface area contributed by atoms with Crippen LogP contribution in [0.1, 0.15) is 18.2 Å². The Balaban J connectivity index is 2.23. The highest BCUT2D eigenvalue weighted by atomic mass is 16.1. The Morgan fingerprint density at radius 2 is 2.06 bits per heavy atom. The number of aryl methyl sites for hydroxylation is 1. The largest absolute Gasteiger partial charge is 0.311 e. The summed E-state index contributed by atoms with van der Waals surface area (Å²) in [5.74, 6) is 0.651. The van der Waals surface area contributed by atoms with Crippen LogP contribution in [-0.4, -0.2) is 15.7 Å². The van der Waals surface area contributed by atoms with Gasteiger partial charge < -0.3 is 5.32 Å². The molecule has 1 aromatic heterocycles. The number of carbonyl (C=O) groups is 1. The lowest BCUT2D eigenvalue weighted by Crippen LogP contribution is -2.12. The van der Waals surface area contributed by atoms with Crippen molar-refractivity contribution in [2.24, 2.45) is 0 Å². The third kappa shape index (κ3) is 2.93. The predicted molar refractivity (Wildman–Crippen MR) is 66.8 cm³/mol. The molecule has 1 aromatic carbocycles. The van der Waals surface area contributed by atoms with Crippen LogP contribution in [0.5, 0.6) is 0 Å². The third-order valence-corrected chi connectivity index (χ3v) is 2.38. The van der Waals surface area contributed by atoms with Crippen LogP contribution in [-0.2, 0) is 11.3 Å². The topological polar surface area (TPSA) is 46.9 Å². The molecular weight excluding hydrogens is 214 g/mol. The second kappa shape index (κ2) is 4.82. The van der Waals surface area contributed by atoms with E-state index in [4.69, 9.17) is 0 Å². The number of carbonyl (C=O) groups excluding carboxylic acids is 1. The van der Waals surface area contributed by atoms with Crippen LogP contribution in [0.25, 0.3) is 0 Å². The summed E-state index contributed by atoms with van der Waals surface area (Å²) in [6, 6.07) is 11.9. The molecule has 0 unspecified atom stereocenters. The van der Waals surface area contributed by atoms with Gasteiger partial charge in [-0.3, -0.25) is 4.79 Å². The molecule has 0 saturated carbocycles. The minimum absolute atomic E-state index is 0.0841. The number of nitrogens with one attached hydrogen (secondary N) is 1. The molecule has 0 spiro atoms. The Kier molecular flexibility index (Phi) is 3.23. The van der Waals surface area contributed by atoms with Crippen LogP contribution in [0.2, 0.25) is 0 Å². The quantitative estimate of drug-likeness (QED) is 0.877. The Hall–Kier alpha value is -2.10. The normalized spacial score (nSPS) is 10.2. The zero-order valence-corrected chi connectivity index (χ0v) is 9.97. The first-order valence-electron chi connectivity index (χ1n) is 5.51. The van der Waals surface area contributed by atoms with Gasteiger partial charge in [0.2, 0.25) is 5.91 Å². The van der Waals surface area contributed by atoms with Crippen molar-refractivity contribution in [1.29, 1.82) is 0 Å². The summed E-state index contributed by atoms with van der Waals surface area (Å²) in [6.45, 7) is 4.06. The first-order chi connectivity index (χ1) is 8.15. The van der Waals surface area contributed by atoms with Gasteiger partial charge in [0.05, 0.1) is 12.2 Å². The Labute approximate surface area is 100 Å². The molecule has 0 aliphatic rings. The average Bonchev–Trinajstić information content (AvgIpc) is 2.59. The Bertz CT molecular complexity index is 517. The van der Waals surface area contributed by atoms with Gasteiger partial charge >= 0.3 is 0 Å². The second-order valence-corrected chi connectivity index (χ2v) is 4.00. The van der Waals surface area contributed by atoms with Crippen LogP contribution in [0, 0.1) is 6.92 Å². The maximum absolute atomic E-state index is 11.1. The van der Waals surface area contributed by atoms with Crippen molar-refractivity contribution in [3.63, 3.8) is 0 Å². The molecule has 0 aliphatic carbocycles. The van der Waals surface area contributed by atoms with Crippen molar-refractivity contribution in [2.75, 3.05) is 5.32 Å². The molecule has 1 amide bonds. The number of nitrogens with zero attached hydrogens (tertiary/aromatic N) is 2. The Morgan fingerprint density at radius 3 is 2.71 bits per heavy atom. The molecule has 0 radical (unpaired) electrons. The van der Waals surface area contributed by atoms with E-state index in [0.29, 0.717) is 6.54 Å². The molecule has 2 aromatic rings. The van der Waals surface area contributed by atoms with E-state index in [2.05, 4.69) is 10.4 Å². The highest BCUT2D eigenvalue weighted by molar-refractivity contribution is 5.87. The monoisotopic (exact) mass is 229 g/mol. The fraction of sp³-hybridized carbons (Fsp3) is 0.231. The van der Waals surface area contributed by atoms with Crippen molar-refractivity contribution >= 4 is 11.7 Å². The molecule has 4 nitrogen and oxygen atoms in total. The van der Waals surface area contributed by atoms with Gasteiger partial charge in [-0.2, -0.15) is 5.10 Å². The first kappa shape index (κ1) is 11.4. The van der Waals surface area contributed by atoms with Crippen molar-refractivity contribution in [3.8, 4) is 0 Å². The van der Waals surface area contributed by atoms with Crippen molar-refractivity contribution in [1.82, 2.24) is 9.78 Å². The zero-order chi connectivity index (χ0) is 12.3. The zero-order valence-electron chi connectivity index (χ0n) is 9.97. The van der Waals surface area contributed by atoms with E-state index < -0.39 is 0 Å². The summed E-state index contributed by atoms with van der Waals surface area (Å²) >= 11 is 0. The minimum Gasteiger partial charge on any atom is -0.311 e. The van der Waals surface area contributed by atoms with Crippen LogP contribution >= 0.6 is 0 Å². The van der Waals surface area contributed by atoms with Gasteiger partial charge in [-0.1, -0.05) is 30.3 Å². The number of rotatable bonds is 3. The smallest absolute Gasteiger partial charge is 0.222 e. The van der Waals surface area contributed by atoms with E-state index in [1.165, 1.54) is 6.92 Å². The van der Waals surface area contributed by atoms with E-state index in [1.54, 1.807) is 4.68 Å². The summed E-state index contributed by atoms with van der Waals surface area (Å²) in [6.07, 6.45) is 0. The number of anilines is 1. The molecule has 0 aliphatic heterocycles. The lowest BCUT2D eigenvalue weighted by molar-refractivity contribution is -0.114. The number of benzene rings is 1. The van der Waals surface area contributed by atoms with E-state index in [1.807, 2.05) is 43.3 Å². The minimum atomic E-state index is -0.0841. The summed E-state index contributed by atoms with van der Waals surface area (Å²) in [5.41, 5.74) is 2.05. The molecule has 2 rings (SSSR count). The molecular formula is C13H15N3O. The van der Waals surface area contributed by atoms with Crippen LogP contribution in [0.15, 0.2) is 36.4 Å². The highest BCUT2D eigenvalue weighted by Gasteiger charge is 2.06. The van der Waals surface area contributed by atoms with Crippen molar-refractivity contribution < 1.29 is 4.79 Å². The van der Waals surface area contributed by atoms with Crippen molar-refractivity contribution in [3.05, 3.63) is 47.7 Å². The maximum atomic E-state index is 11.1. The van der Waals surface area contributed by atoms with Gasteiger partial charge in [-0.25, -0.2) is 4.68 Å². The fourth-order valence-electron chi connectivity index (χ4n) is 1.70. The summed E-state index contributed by atoms with van der Waals surface area (Å²) in [4.78, 5) is 11.1. The van der Waals surface area contributed by atoms with Gasteiger partial charge in [-0.15, -0.1) is 0 Å². The lowest BCUT2D eigenvalue weighted by Gasteiger charge is -2.07. The molecule has 88 valence electrons. The second-order valence-electron chi connectivity index (χ2n) is 4.00. The van der Waals surface area contributed by atoms with Gasteiger partial charge in [0, 0.05) is 13.0 Å². The first-order valence-corrected chi connectivity index (χ1v) is 5.51. The van der Waals surface area contributed by atoms with Gasteiger partial charge in [0.1, 0.15) is 5.82 Å².